The molecule has 2 aromatic rings. The van der Waals surface area contributed by atoms with E-state index in [1.54, 1.807) is 0 Å². The van der Waals surface area contributed by atoms with Crippen LogP contribution in [0.2, 0.25) is 0 Å². The first-order valence-corrected chi connectivity index (χ1v) is 11.0. The Balaban J connectivity index is 1.70. The van der Waals surface area contributed by atoms with Gasteiger partial charge in [-0.1, -0.05) is 94.4 Å². The minimum absolute atomic E-state index is 0.120. The van der Waals surface area contributed by atoms with Crippen molar-refractivity contribution in [2.45, 2.75) is 64.1 Å². The van der Waals surface area contributed by atoms with Gasteiger partial charge >= 0.3 is 5.97 Å². The molecule has 0 saturated heterocycles. The fraction of sp³-hybridized carbons (Fsp3) is 0.444. The number of hydrogen-bond donors (Lipinski definition) is 1. The van der Waals surface area contributed by atoms with Crippen LogP contribution in [-0.2, 0) is 14.9 Å². The smallest absolute Gasteiger partial charge is 0.335 e. The summed E-state index contributed by atoms with van der Waals surface area (Å²) in [4.78, 5) is 12.8. The molecule has 1 saturated carbocycles. The molecule has 1 N–H and O–H groups in total. The Kier molecular flexibility index (Phi) is 7.14. The van der Waals surface area contributed by atoms with Crippen molar-refractivity contribution < 1.29 is 14.6 Å². The summed E-state index contributed by atoms with van der Waals surface area (Å²) in [6.07, 6.45) is 1.75. The molecule has 3 rings (SSSR count). The maximum Gasteiger partial charge on any atom is 0.335 e. The molecule has 0 bridgehead atoms. The van der Waals surface area contributed by atoms with Gasteiger partial charge in [-0.3, -0.25) is 0 Å². The Labute approximate surface area is 180 Å². The van der Waals surface area contributed by atoms with E-state index in [0.717, 1.165) is 30.4 Å². The largest absolute Gasteiger partial charge is 0.460 e. The minimum atomic E-state index is -1.20. The molecule has 30 heavy (non-hydrogen) atoms. The molecule has 0 aliphatic heterocycles. The lowest BCUT2D eigenvalue weighted by Crippen LogP contribution is -2.44. The average molecular weight is 407 g/mol. The van der Waals surface area contributed by atoms with Crippen LogP contribution in [-0.4, -0.2) is 23.3 Å². The second kappa shape index (κ2) is 9.61. The fourth-order valence-electron chi connectivity index (χ4n) is 4.70. The van der Waals surface area contributed by atoms with E-state index in [2.05, 4.69) is 51.6 Å². The SMILES string of the molecule is C=C(C[C@@H](O)C(=O)O[C@@H]1C[C@H](C)CC[C@H]1C(C)(C)c1ccccc1)c1ccccc1. The van der Waals surface area contributed by atoms with Gasteiger partial charge in [0.15, 0.2) is 6.10 Å². The Morgan fingerprint density at radius 2 is 1.70 bits per heavy atom. The normalized spacial score (nSPS) is 22.9. The summed E-state index contributed by atoms with van der Waals surface area (Å²) in [5, 5.41) is 10.5. The van der Waals surface area contributed by atoms with E-state index in [1.807, 2.05) is 36.4 Å². The van der Waals surface area contributed by atoms with Gasteiger partial charge in [0.1, 0.15) is 6.10 Å². The Hall–Kier alpha value is -2.39. The Morgan fingerprint density at radius 1 is 1.10 bits per heavy atom. The van der Waals surface area contributed by atoms with E-state index >= 15 is 0 Å². The van der Waals surface area contributed by atoms with Crippen molar-refractivity contribution >= 4 is 11.5 Å². The van der Waals surface area contributed by atoms with E-state index in [0.29, 0.717) is 5.92 Å². The second-order valence-corrected chi connectivity index (χ2v) is 9.28. The van der Waals surface area contributed by atoms with Crippen LogP contribution in [0.1, 0.15) is 57.6 Å². The Morgan fingerprint density at radius 3 is 2.33 bits per heavy atom. The van der Waals surface area contributed by atoms with Crippen LogP contribution >= 0.6 is 0 Å². The van der Waals surface area contributed by atoms with Gasteiger partial charge in [-0.05, 0) is 40.9 Å². The van der Waals surface area contributed by atoms with Crippen LogP contribution in [0.5, 0.6) is 0 Å². The van der Waals surface area contributed by atoms with E-state index in [9.17, 15) is 9.90 Å². The first-order valence-electron chi connectivity index (χ1n) is 11.0. The highest BCUT2D eigenvalue weighted by atomic mass is 16.6. The van der Waals surface area contributed by atoms with Crippen LogP contribution in [0.15, 0.2) is 67.2 Å². The molecular formula is C27H34O3. The number of carbonyl (C=O) groups is 1. The predicted octanol–water partition coefficient (Wildman–Crippen LogP) is 5.78. The third kappa shape index (κ3) is 5.20. The summed E-state index contributed by atoms with van der Waals surface area (Å²) in [5.41, 5.74) is 2.80. The van der Waals surface area contributed by atoms with Crippen LogP contribution in [0, 0.1) is 11.8 Å². The number of esters is 1. The third-order valence-corrected chi connectivity index (χ3v) is 6.66. The molecule has 1 aliphatic rings. The van der Waals surface area contributed by atoms with Gasteiger partial charge in [0.05, 0.1) is 0 Å². The molecule has 0 aromatic heterocycles. The first-order chi connectivity index (χ1) is 14.3. The van der Waals surface area contributed by atoms with Crippen molar-refractivity contribution in [3.63, 3.8) is 0 Å². The first kappa shape index (κ1) is 22.3. The number of hydrogen-bond acceptors (Lipinski definition) is 3. The van der Waals surface area contributed by atoms with Crippen molar-refractivity contribution in [3.05, 3.63) is 78.4 Å². The molecule has 4 atom stereocenters. The number of carbonyl (C=O) groups excluding carboxylic acids is 1. The van der Waals surface area contributed by atoms with Crippen molar-refractivity contribution in [3.8, 4) is 0 Å². The van der Waals surface area contributed by atoms with Gasteiger partial charge in [0.25, 0.3) is 0 Å². The molecule has 1 aliphatic carbocycles. The molecule has 3 nitrogen and oxygen atoms in total. The fourth-order valence-corrected chi connectivity index (χ4v) is 4.70. The maximum absolute atomic E-state index is 12.8. The third-order valence-electron chi connectivity index (χ3n) is 6.66. The minimum Gasteiger partial charge on any atom is -0.460 e. The van der Waals surface area contributed by atoms with Gasteiger partial charge in [0, 0.05) is 12.3 Å². The van der Waals surface area contributed by atoms with Crippen LogP contribution < -0.4 is 0 Å². The molecular weight excluding hydrogens is 372 g/mol. The van der Waals surface area contributed by atoms with Crippen molar-refractivity contribution in [2.24, 2.45) is 11.8 Å². The molecule has 1 fully saturated rings. The summed E-state index contributed by atoms with van der Waals surface area (Å²) in [5.74, 6) is 0.173. The molecule has 2 aromatic carbocycles. The zero-order chi connectivity index (χ0) is 21.7. The van der Waals surface area contributed by atoms with Crippen LogP contribution in [0.25, 0.3) is 5.57 Å². The van der Waals surface area contributed by atoms with Crippen molar-refractivity contribution in [2.75, 3.05) is 0 Å². The zero-order valence-corrected chi connectivity index (χ0v) is 18.4. The van der Waals surface area contributed by atoms with E-state index < -0.39 is 12.1 Å². The summed E-state index contributed by atoms with van der Waals surface area (Å²) in [6, 6.07) is 20.1. The highest BCUT2D eigenvalue weighted by molar-refractivity contribution is 5.78. The van der Waals surface area contributed by atoms with Gasteiger partial charge < -0.3 is 9.84 Å². The van der Waals surface area contributed by atoms with Crippen molar-refractivity contribution in [1.29, 1.82) is 0 Å². The van der Waals surface area contributed by atoms with Gasteiger partial charge in [-0.25, -0.2) is 4.79 Å². The van der Waals surface area contributed by atoms with Crippen molar-refractivity contribution in [1.82, 2.24) is 0 Å². The molecule has 0 unspecified atom stereocenters. The number of aliphatic hydroxyl groups excluding tert-OH is 1. The van der Waals surface area contributed by atoms with Gasteiger partial charge in [0.2, 0.25) is 0 Å². The van der Waals surface area contributed by atoms with Gasteiger partial charge in [-0.2, -0.15) is 0 Å². The molecule has 0 amide bonds. The van der Waals surface area contributed by atoms with Crippen LogP contribution in [0.3, 0.4) is 0 Å². The summed E-state index contributed by atoms with van der Waals surface area (Å²) in [7, 11) is 0. The summed E-state index contributed by atoms with van der Waals surface area (Å²) < 4.78 is 5.95. The standard InChI is InChI=1S/C27H34O3/c1-19-15-16-23(27(3,4)22-13-9-6-10-14-22)25(17-19)30-26(29)24(28)18-20(2)21-11-7-5-8-12-21/h5-14,19,23-25,28H,2,15-18H2,1,3-4H3/t19-,23-,24-,25-/m1/s1. The topological polar surface area (TPSA) is 46.5 Å². The number of aliphatic hydroxyl groups is 1. The number of ether oxygens (including phenoxy) is 1. The monoisotopic (exact) mass is 406 g/mol. The summed E-state index contributed by atoms with van der Waals surface area (Å²) in [6.45, 7) is 10.7. The van der Waals surface area contributed by atoms with Crippen LogP contribution in [0.4, 0.5) is 0 Å². The number of rotatable bonds is 7. The molecule has 160 valence electrons. The van der Waals surface area contributed by atoms with E-state index in [-0.39, 0.29) is 23.9 Å². The lowest BCUT2D eigenvalue weighted by molar-refractivity contribution is -0.166. The predicted molar refractivity (Wildman–Crippen MR) is 122 cm³/mol. The lowest BCUT2D eigenvalue weighted by Gasteiger charge is -2.44. The number of benzene rings is 2. The molecule has 0 heterocycles. The lowest BCUT2D eigenvalue weighted by atomic mass is 9.64. The van der Waals surface area contributed by atoms with E-state index in [1.165, 1.54) is 5.56 Å². The molecule has 0 spiro atoms. The van der Waals surface area contributed by atoms with E-state index in [4.69, 9.17) is 4.74 Å². The highest BCUT2D eigenvalue weighted by Crippen LogP contribution is 2.43. The second-order valence-electron chi connectivity index (χ2n) is 9.28. The zero-order valence-electron chi connectivity index (χ0n) is 18.4. The average Bonchev–Trinajstić information content (AvgIpc) is 2.74. The highest BCUT2D eigenvalue weighted by Gasteiger charge is 2.42. The molecule has 3 heteroatoms. The Bertz CT molecular complexity index is 841. The summed E-state index contributed by atoms with van der Waals surface area (Å²) >= 11 is 0. The van der Waals surface area contributed by atoms with Gasteiger partial charge in [-0.15, -0.1) is 0 Å². The quantitative estimate of drug-likeness (QED) is 0.593. The maximum atomic E-state index is 12.8. The molecule has 0 radical (unpaired) electrons.